The van der Waals surface area contributed by atoms with Crippen molar-refractivity contribution < 1.29 is 14.5 Å². The van der Waals surface area contributed by atoms with E-state index in [0.29, 0.717) is 13.1 Å². The molecule has 3 N–H and O–H groups in total. The molecule has 2 amide bonds. The van der Waals surface area contributed by atoms with Gasteiger partial charge in [0.25, 0.3) is 11.8 Å². The molecule has 21 heavy (non-hydrogen) atoms. The summed E-state index contributed by atoms with van der Waals surface area (Å²) in [6.07, 6.45) is 0.914. The maximum atomic E-state index is 12.0. The van der Waals surface area contributed by atoms with Crippen molar-refractivity contribution in [3.63, 3.8) is 0 Å². The topological polar surface area (TPSA) is 62.6 Å². The molecule has 0 spiro atoms. The van der Waals surface area contributed by atoms with Crippen molar-refractivity contribution >= 4 is 40.1 Å². The molecule has 1 atom stereocenters. The highest BCUT2D eigenvalue weighted by molar-refractivity contribution is 14.1. The number of carbonyl (C=O) groups excluding carboxylic acids is 2. The molecule has 116 valence electrons. The molecule has 1 unspecified atom stereocenters. The molecular formula is C15H23IN3O2+. The van der Waals surface area contributed by atoms with Crippen molar-refractivity contribution in [2.45, 2.75) is 20.3 Å². The second-order valence-corrected chi connectivity index (χ2v) is 6.41. The summed E-state index contributed by atoms with van der Waals surface area (Å²) in [6, 6.07) is 5.88. The predicted octanol–water partition coefficient (Wildman–Crippen LogP) is 0.579. The van der Waals surface area contributed by atoms with Gasteiger partial charge in [0, 0.05) is 15.8 Å². The van der Waals surface area contributed by atoms with Gasteiger partial charge in [-0.2, -0.15) is 0 Å². The van der Waals surface area contributed by atoms with Gasteiger partial charge in [-0.25, -0.2) is 0 Å². The Kier molecular flexibility index (Phi) is 7.66. The van der Waals surface area contributed by atoms with Gasteiger partial charge in [0.1, 0.15) is 0 Å². The van der Waals surface area contributed by atoms with Crippen molar-refractivity contribution in [1.82, 2.24) is 5.32 Å². The van der Waals surface area contributed by atoms with Crippen molar-refractivity contribution in [3.8, 4) is 0 Å². The van der Waals surface area contributed by atoms with Crippen LogP contribution >= 0.6 is 22.6 Å². The van der Waals surface area contributed by atoms with E-state index in [4.69, 9.17) is 0 Å². The third-order valence-electron chi connectivity index (χ3n) is 2.96. The van der Waals surface area contributed by atoms with Crippen LogP contribution in [0.25, 0.3) is 0 Å². The van der Waals surface area contributed by atoms with Gasteiger partial charge >= 0.3 is 0 Å². The second kappa shape index (κ2) is 8.99. The Bertz CT molecular complexity index is 506. The van der Waals surface area contributed by atoms with Crippen LogP contribution in [-0.2, 0) is 9.59 Å². The fourth-order valence-corrected chi connectivity index (χ4v) is 2.55. The lowest BCUT2D eigenvalue weighted by Gasteiger charge is -2.14. The molecule has 0 saturated heterocycles. The molecule has 0 saturated carbocycles. The Labute approximate surface area is 139 Å². The average Bonchev–Trinajstić information content (AvgIpc) is 2.39. The van der Waals surface area contributed by atoms with E-state index in [1.165, 1.54) is 0 Å². The van der Waals surface area contributed by atoms with Crippen molar-refractivity contribution in [2.75, 3.05) is 32.0 Å². The Balaban J connectivity index is 2.44. The first kappa shape index (κ1) is 17.9. The number of amides is 2. The van der Waals surface area contributed by atoms with Gasteiger partial charge in [-0.05, 0) is 59.7 Å². The SMILES string of the molecule is CCCNC(=O)C[NH+](C)CC(=O)Nc1ccc(I)cc1C. The molecule has 0 bridgehead atoms. The highest BCUT2D eigenvalue weighted by Crippen LogP contribution is 2.17. The predicted molar refractivity (Wildman–Crippen MR) is 92.4 cm³/mol. The van der Waals surface area contributed by atoms with Gasteiger partial charge in [0.15, 0.2) is 13.1 Å². The number of aryl methyl sites for hydroxylation is 1. The minimum Gasteiger partial charge on any atom is -0.351 e. The average molecular weight is 404 g/mol. The smallest absolute Gasteiger partial charge is 0.279 e. The summed E-state index contributed by atoms with van der Waals surface area (Å²) in [7, 11) is 1.84. The van der Waals surface area contributed by atoms with Crippen LogP contribution in [0.1, 0.15) is 18.9 Å². The first-order valence-corrected chi connectivity index (χ1v) is 8.14. The minimum absolute atomic E-state index is 0.0207. The third kappa shape index (κ3) is 6.90. The van der Waals surface area contributed by atoms with Crippen LogP contribution in [0.4, 0.5) is 5.69 Å². The first-order valence-electron chi connectivity index (χ1n) is 7.06. The second-order valence-electron chi connectivity index (χ2n) is 5.17. The number of hydrogen-bond donors (Lipinski definition) is 3. The summed E-state index contributed by atoms with van der Waals surface area (Å²) >= 11 is 2.24. The normalized spacial score (nSPS) is 11.8. The van der Waals surface area contributed by atoms with Gasteiger partial charge in [-0.3, -0.25) is 9.59 Å². The molecule has 5 nitrogen and oxygen atoms in total. The van der Waals surface area contributed by atoms with Gasteiger partial charge in [-0.1, -0.05) is 6.92 Å². The van der Waals surface area contributed by atoms with Gasteiger partial charge < -0.3 is 15.5 Å². The lowest BCUT2D eigenvalue weighted by atomic mass is 10.2. The third-order valence-corrected chi connectivity index (χ3v) is 3.63. The Morgan fingerprint density at radius 1 is 1.24 bits per heavy atom. The van der Waals surface area contributed by atoms with Crippen LogP contribution in [0.3, 0.4) is 0 Å². The molecule has 1 aromatic carbocycles. The van der Waals surface area contributed by atoms with Crippen LogP contribution in [0.5, 0.6) is 0 Å². The first-order chi connectivity index (χ1) is 9.92. The van der Waals surface area contributed by atoms with Crippen LogP contribution < -0.4 is 15.5 Å². The van der Waals surface area contributed by atoms with E-state index in [-0.39, 0.29) is 18.4 Å². The Hall–Kier alpha value is -1.15. The van der Waals surface area contributed by atoms with E-state index in [1.807, 2.05) is 39.1 Å². The van der Waals surface area contributed by atoms with Crippen LogP contribution in [0, 0.1) is 10.5 Å². The number of quaternary nitrogens is 1. The molecule has 0 fully saturated rings. The van der Waals surface area contributed by atoms with Crippen LogP contribution in [0.2, 0.25) is 0 Å². The zero-order valence-electron chi connectivity index (χ0n) is 12.8. The molecule has 1 rings (SSSR count). The van der Waals surface area contributed by atoms with Crippen molar-refractivity contribution in [1.29, 1.82) is 0 Å². The lowest BCUT2D eigenvalue weighted by Crippen LogP contribution is -3.11. The minimum atomic E-state index is -0.0832. The highest BCUT2D eigenvalue weighted by atomic mass is 127. The summed E-state index contributed by atoms with van der Waals surface area (Å²) in [5.74, 6) is -0.104. The quantitative estimate of drug-likeness (QED) is 0.583. The van der Waals surface area contributed by atoms with Gasteiger partial charge in [-0.15, -0.1) is 0 Å². The van der Waals surface area contributed by atoms with Crippen LogP contribution in [-0.4, -0.2) is 38.5 Å². The number of rotatable bonds is 7. The highest BCUT2D eigenvalue weighted by Gasteiger charge is 2.14. The molecule has 0 aliphatic rings. The van der Waals surface area contributed by atoms with E-state index in [1.54, 1.807) is 0 Å². The fraction of sp³-hybridized carbons (Fsp3) is 0.467. The number of nitrogens with one attached hydrogen (secondary N) is 3. The molecular weight excluding hydrogens is 381 g/mol. The standard InChI is InChI=1S/C15H22IN3O2/c1-4-7-17-14(20)9-19(3)10-15(21)18-13-6-5-12(16)8-11(13)2/h5-6,8H,4,7,9-10H2,1-3H3,(H,17,20)(H,18,21)/p+1. The van der Waals surface area contributed by atoms with Crippen molar-refractivity contribution in [3.05, 3.63) is 27.3 Å². The summed E-state index contributed by atoms with van der Waals surface area (Å²) in [5, 5.41) is 5.70. The number of carbonyl (C=O) groups is 2. The molecule has 0 heterocycles. The van der Waals surface area contributed by atoms with Gasteiger partial charge in [0.2, 0.25) is 0 Å². The lowest BCUT2D eigenvalue weighted by molar-refractivity contribution is -0.862. The zero-order chi connectivity index (χ0) is 15.8. The summed E-state index contributed by atoms with van der Waals surface area (Å²) in [6.45, 7) is 5.23. The fourth-order valence-electron chi connectivity index (χ4n) is 1.90. The summed E-state index contributed by atoms with van der Waals surface area (Å²) in [4.78, 5) is 24.4. The van der Waals surface area contributed by atoms with Crippen LogP contribution in [0.15, 0.2) is 18.2 Å². The number of benzene rings is 1. The maximum Gasteiger partial charge on any atom is 0.279 e. The van der Waals surface area contributed by atoms with E-state index in [2.05, 4.69) is 33.2 Å². The molecule has 0 aliphatic carbocycles. The number of halogens is 1. The van der Waals surface area contributed by atoms with E-state index < -0.39 is 0 Å². The summed E-state index contributed by atoms with van der Waals surface area (Å²) < 4.78 is 1.14. The largest absolute Gasteiger partial charge is 0.351 e. The zero-order valence-corrected chi connectivity index (χ0v) is 14.9. The summed E-state index contributed by atoms with van der Waals surface area (Å²) in [5.41, 5.74) is 1.86. The van der Waals surface area contributed by atoms with E-state index in [9.17, 15) is 9.59 Å². The molecule has 0 aromatic heterocycles. The molecule has 1 aromatic rings. The maximum absolute atomic E-state index is 12.0. The Morgan fingerprint density at radius 3 is 2.52 bits per heavy atom. The molecule has 0 radical (unpaired) electrons. The number of hydrogen-bond acceptors (Lipinski definition) is 2. The van der Waals surface area contributed by atoms with Gasteiger partial charge in [0.05, 0.1) is 7.05 Å². The monoisotopic (exact) mass is 404 g/mol. The molecule has 0 aliphatic heterocycles. The number of anilines is 1. The van der Waals surface area contributed by atoms with E-state index in [0.717, 1.165) is 26.1 Å². The Morgan fingerprint density at radius 2 is 1.90 bits per heavy atom. The van der Waals surface area contributed by atoms with Crippen molar-refractivity contribution in [2.24, 2.45) is 0 Å². The molecule has 6 heteroatoms. The van der Waals surface area contributed by atoms with E-state index >= 15 is 0 Å². The number of likely N-dealkylation sites (N-methyl/N-ethyl adjacent to an activating group) is 1.